The molecule has 0 bridgehead atoms. The van der Waals surface area contributed by atoms with Crippen molar-refractivity contribution in [3.63, 3.8) is 0 Å². The lowest BCUT2D eigenvalue weighted by Gasteiger charge is -2.18. The van der Waals surface area contributed by atoms with Crippen LogP contribution in [-0.4, -0.2) is 29.1 Å². The van der Waals surface area contributed by atoms with Crippen molar-refractivity contribution in [1.29, 1.82) is 0 Å². The molecule has 0 radical (unpaired) electrons. The van der Waals surface area contributed by atoms with Gasteiger partial charge in [-0.15, -0.1) is 0 Å². The Morgan fingerprint density at radius 3 is 2.62 bits per heavy atom. The van der Waals surface area contributed by atoms with E-state index < -0.39 is 5.97 Å². The highest BCUT2D eigenvalue weighted by molar-refractivity contribution is 6.02. The van der Waals surface area contributed by atoms with Crippen LogP contribution in [0.5, 0.6) is 0 Å². The van der Waals surface area contributed by atoms with E-state index in [0.29, 0.717) is 16.9 Å². The largest absolute Gasteiger partial charge is 0.478 e. The Morgan fingerprint density at radius 2 is 2.05 bits per heavy atom. The first-order valence-corrected chi connectivity index (χ1v) is 6.27. The van der Waals surface area contributed by atoms with Gasteiger partial charge in [0.25, 0.3) is 0 Å². The summed E-state index contributed by atoms with van der Waals surface area (Å²) >= 11 is 0. The number of benzene rings is 1. The highest BCUT2D eigenvalue weighted by Crippen LogP contribution is 2.18. The van der Waals surface area contributed by atoms with Crippen LogP contribution in [0.2, 0.25) is 0 Å². The Morgan fingerprint density at radius 1 is 1.29 bits per heavy atom. The number of aromatic carboxylic acids is 1. The average molecular weight is 285 g/mol. The summed E-state index contributed by atoms with van der Waals surface area (Å²) in [4.78, 5) is 28.4. The third-order valence-corrected chi connectivity index (χ3v) is 3.05. The van der Waals surface area contributed by atoms with Gasteiger partial charge < -0.3 is 10.4 Å². The number of hydrogen-bond donors (Lipinski definition) is 2. The number of nitrogens with zero attached hydrogens (tertiary/aromatic N) is 2. The second-order valence-electron chi connectivity index (χ2n) is 4.54. The second-order valence-corrected chi connectivity index (χ2v) is 4.54. The Kier molecular flexibility index (Phi) is 4.18. The fourth-order valence-electron chi connectivity index (χ4n) is 1.81. The van der Waals surface area contributed by atoms with E-state index in [9.17, 15) is 9.59 Å². The number of rotatable bonds is 3. The van der Waals surface area contributed by atoms with Crippen LogP contribution in [0.25, 0.3) is 0 Å². The molecule has 0 atom stereocenters. The molecule has 0 aliphatic carbocycles. The van der Waals surface area contributed by atoms with Gasteiger partial charge >= 0.3 is 12.0 Å². The van der Waals surface area contributed by atoms with Crippen LogP contribution in [0.1, 0.15) is 15.9 Å². The predicted octanol–water partition coefficient (Wildman–Crippen LogP) is 2.76. The Balaban J connectivity index is 2.15. The van der Waals surface area contributed by atoms with Gasteiger partial charge in [0.15, 0.2) is 0 Å². The van der Waals surface area contributed by atoms with Gasteiger partial charge in [-0.1, -0.05) is 0 Å². The summed E-state index contributed by atoms with van der Waals surface area (Å²) in [6, 6.07) is 7.73. The van der Waals surface area contributed by atoms with E-state index in [1.54, 1.807) is 44.6 Å². The molecular weight excluding hydrogens is 270 g/mol. The van der Waals surface area contributed by atoms with Crippen molar-refractivity contribution in [2.75, 3.05) is 17.3 Å². The van der Waals surface area contributed by atoms with Gasteiger partial charge in [0.1, 0.15) is 0 Å². The van der Waals surface area contributed by atoms with E-state index in [2.05, 4.69) is 10.3 Å². The molecule has 1 aromatic heterocycles. The summed E-state index contributed by atoms with van der Waals surface area (Å²) < 4.78 is 0. The monoisotopic (exact) mass is 285 g/mol. The third-order valence-electron chi connectivity index (χ3n) is 3.05. The number of amides is 2. The maximum Gasteiger partial charge on any atom is 0.335 e. The molecule has 6 nitrogen and oxygen atoms in total. The molecule has 21 heavy (non-hydrogen) atoms. The minimum Gasteiger partial charge on any atom is -0.478 e. The molecule has 0 aliphatic rings. The summed E-state index contributed by atoms with van der Waals surface area (Å²) in [5, 5.41) is 11.7. The van der Waals surface area contributed by atoms with Crippen LogP contribution >= 0.6 is 0 Å². The lowest BCUT2D eigenvalue weighted by Crippen LogP contribution is -2.31. The van der Waals surface area contributed by atoms with Crippen LogP contribution in [0, 0.1) is 6.92 Å². The normalized spacial score (nSPS) is 10.0. The number of carboxylic acids is 1. The number of pyridine rings is 1. The molecule has 1 heterocycles. The van der Waals surface area contributed by atoms with Crippen molar-refractivity contribution >= 4 is 23.4 Å². The topological polar surface area (TPSA) is 82.5 Å². The fourth-order valence-corrected chi connectivity index (χ4v) is 1.81. The highest BCUT2D eigenvalue weighted by Gasteiger charge is 2.13. The number of nitrogens with one attached hydrogen (secondary N) is 1. The maximum atomic E-state index is 12.2. The van der Waals surface area contributed by atoms with Crippen molar-refractivity contribution in [3.8, 4) is 0 Å². The lowest BCUT2D eigenvalue weighted by atomic mass is 10.1. The summed E-state index contributed by atoms with van der Waals surface area (Å²) in [7, 11) is 1.63. The summed E-state index contributed by atoms with van der Waals surface area (Å²) in [5.41, 5.74) is 2.10. The van der Waals surface area contributed by atoms with E-state index in [0.717, 1.165) is 0 Å². The van der Waals surface area contributed by atoms with E-state index in [-0.39, 0.29) is 11.6 Å². The molecular formula is C15H15N3O3. The van der Waals surface area contributed by atoms with Gasteiger partial charge in [0.2, 0.25) is 0 Å². The molecule has 0 aliphatic heterocycles. The summed E-state index contributed by atoms with van der Waals surface area (Å²) in [6.07, 6.45) is 3.21. The number of carbonyl (C=O) groups is 2. The van der Waals surface area contributed by atoms with E-state index in [4.69, 9.17) is 5.11 Å². The van der Waals surface area contributed by atoms with E-state index in [1.165, 1.54) is 17.0 Å². The van der Waals surface area contributed by atoms with Crippen molar-refractivity contribution in [3.05, 3.63) is 53.9 Å². The molecule has 0 saturated heterocycles. The van der Waals surface area contributed by atoms with Crippen LogP contribution in [0.15, 0.2) is 42.7 Å². The zero-order valence-electron chi connectivity index (χ0n) is 11.7. The number of carbonyl (C=O) groups excluding carboxylic acids is 1. The first-order valence-electron chi connectivity index (χ1n) is 6.27. The van der Waals surface area contributed by atoms with Gasteiger partial charge in [-0.25, -0.2) is 9.59 Å². The summed E-state index contributed by atoms with van der Waals surface area (Å²) in [6.45, 7) is 1.74. The molecule has 2 aromatic rings. The number of hydrogen-bond acceptors (Lipinski definition) is 3. The fraction of sp³-hybridized carbons (Fsp3) is 0.133. The zero-order chi connectivity index (χ0) is 15.4. The lowest BCUT2D eigenvalue weighted by molar-refractivity contribution is 0.0697. The smallest absolute Gasteiger partial charge is 0.335 e. The Hall–Kier alpha value is -2.89. The number of aryl methyl sites for hydroxylation is 1. The predicted molar refractivity (Wildman–Crippen MR) is 79.8 cm³/mol. The molecule has 0 spiro atoms. The quantitative estimate of drug-likeness (QED) is 0.908. The van der Waals surface area contributed by atoms with Crippen LogP contribution < -0.4 is 10.2 Å². The molecule has 0 saturated carbocycles. The van der Waals surface area contributed by atoms with Gasteiger partial charge in [-0.2, -0.15) is 0 Å². The summed E-state index contributed by atoms with van der Waals surface area (Å²) in [5.74, 6) is -0.997. The molecule has 1 aromatic carbocycles. The number of urea groups is 1. The first-order chi connectivity index (χ1) is 9.99. The maximum absolute atomic E-state index is 12.2. The van der Waals surface area contributed by atoms with Crippen molar-refractivity contribution in [1.82, 2.24) is 4.98 Å². The molecule has 0 fully saturated rings. The van der Waals surface area contributed by atoms with Gasteiger partial charge in [-0.05, 0) is 42.8 Å². The highest BCUT2D eigenvalue weighted by atomic mass is 16.4. The van der Waals surface area contributed by atoms with Gasteiger partial charge in [-0.3, -0.25) is 9.88 Å². The van der Waals surface area contributed by atoms with Gasteiger partial charge in [0.05, 0.1) is 17.4 Å². The van der Waals surface area contributed by atoms with E-state index >= 15 is 0 Å². The SMILES string of the molecule is Cc1cc(C(=O)O)ccc1NC(=O)N(C)c1cccnc1. The van der Waals surface area contributed by atoms with Crippen molar-refractivity contribution in [2.45, 2.75) is 6.92 Å². The Labute approximate surface area is 122 Å². The van der Waals surface area contributed by atoms with Crippen molar-refractivity contribution < 1.29 is 14.7 Å². The minimum absolute atomic E-state index is 0.186. The number of anilines is 2. The average Bonchev–Trinajstić information content (AvgIpc) is 2.49. The van der Waals surface area contributed by atoms with Crippen molar-refractivity contribution in [2.24, 2.45) is 0 Å². The third kappa shape index (κ3) is 3.36. The van der Waals surface area contributed by atoms with Gasteiger partial charge in [0, 0.05) is 18.9 Å². The second kappa shape index (κ2) is 6.04. The molecule has 2 amide bonds. The Bertz CT molecular complexity index is 671. The molecule has 108 valence electrons. The van der Waals surface area contributed by atoms with Crippen LogP contribution in [0.4, 0.5) is 16.2 Å². The molecule has 6 heteroatoms. The first kappa shape index (κ1) is 14.5. The zero-order valence-corrected chi connectivity index (χ0v) is 11.7. The standard InChI is InChI=1S/C15H15N3O3/c1-10-8-11(14(19)20)5-6-13(10)17-15(21)18(2)12-4-3-7-16-9-12/h3-9H,1-2H3,(H,17,21)(H,19,20). The molecule has 2 rings (SSSR count). The number of aromatic nitrogens is 1. The minimum atomic E-state index is -0.997. The molecule has 2 N–H and O–H groups in total. The molecule has 0 unspecified atom stereocenters. The van der Waals surface area contributed by atoms with Crippen LogP contribution in [0.3, 0.4) is 0 Å². The van der Waals surface area contributed by atoms with Crippen LogP contribution in [-0.2, 0) is 0 Å². The van der Waals surface area contributed by atoms with E-state index in [1.807, 2.05) is 0 Å². The number of carboxylic acid groups (broad SMARTS) is 1.